The van der Waals surface area contributed by atoms with Crippen molar-refractivity contribution in [3.8, 4) is 6.07 Å². The van der Waals surface area contributed by atoms with Crippen LogP contribution in [0, 0.1) is 18.3 Å². The summed E-state index contributed by atoms with van der Waals surface area (Å²) in [5, 5.41) is 14.6. The molecule has 1 unspecified atom stereocenters. The topological polar surface area (TPSA) is 111 Å². The smallest absolute Gasteiger partial charge is 0.0622 e. The van der Waals surface area contributed by atoms with Gasteiger partial charge in [0, 0.05) is 0 Å². The Bertz CT molecular complexity index is 1240. The van der Waals surface area contributed by atoms with Crippen LogP contribution in [0.4, 0.5) is 21.9 Å². The monoisotopic (exact) mass is 482 g/mol. The molecule has 3 N–H and O–H groups in total. The van der Waals surface area contributed by atoms with E-state index in [-0.39, 0.29) is 21.8 Å². The van der Waals surface area contributed by atoms with Crippen LogP contribution in [0.25, 0.3) is 0 Å². The van der Waals surface area contributed by atoms with Crippen LogP contribution in [0.15, 0.2) is 71.6 Å². The van der Waals surface area contributed by atoms with E-state index in [1.807, 2.05) is 25.1 Å². The molecule has 0 fully saturated rings. The number of sulfonamides is 1. The number of carbonyl (C=O) groups excluding carboxylic acids is 1. The predicted octanol–water partition coefficient (Wildman–Crippen LogP) is 2.57. The van der Waals surface area contributed by atoms with E-state index in [9.17, 15) is 18.5 Å². The van der Waals surface area contributed by atoms with Gasteiger partial charge in [0.15, 0.2) is 0 Å². The van der Waals surface area contributed by atoms with Gasteiger partial charge in [-0.25, -0.2) is 0 Å². The molecule has 0 saturated heterocycles. The number of nitriles is 1. The standard InChI is InChI=1S/C21H19AsN4O3S/c1-14-17(22)8-5-9-18(14)24-21(27)25-19-11-10-15(13-23)12-20(19)26-30(28,29)16-6-3-2-4-7-16/h2-12,26H,22H2,1H3,(H2,24,25,27). The van der Waals surface area contributed by atoms with Gasteiger partial charge in [-0.05, 0) is 0 Å². The third kappa shape index (κ3) is 5.01. The van der Waals surface area contributed by atoms with E-state index in [4.69, 9.17) is 0 Å². The van der Waals surface area contributed by atoms with Crippen molar-refractivity contribution in [1.29, 1.82) is 5.26 Å². The van der Waals surface area contributed by atoms with Gasteiger partial charge in [-0.1, -0.05) is 18.2 Å². The molecule has 0 aliphatic carbocycles. The number of urea groups is 1. The number of carbonyl (C=O) groups is 1. The Labute approximate surface area is 183 Å². The molecule has 9 heteroatoms. The summed E-state index contributed by atoms with van der Waals surface area (Å²) in [7, 11) is -3.90. The Balaban J connectivity index is 1.87. The summed E-state index contributed by atoms with van der Waals surface area (Å²) < 4.78 is 28.9. The van der Waals surface area contributed by atoms with E-state index in [2.05, 4.69) is 15.4 Å². The van der Waals surface area contributed by atoms with Crippen molar-refractivity contribution in [1.82, 2.24) is 0 Å². The summed E-state index contributed by atoms with van der Waals surface area (Å²) in [6.45, 7) is 1.91. The summed E-state index contributed by atoms with van der Waals surface area (Å²) in [6, 6.07) is 19.2. The molecule has 3 aromatic carbocycles. The summed E-state index contributed by atoms with van der Waals surface area (Å²) in [6.07, 6.45) is 0. The van der Waals surface area contributed by atoms with E-state index in [1.54, 1.807) is 24.3 Å². The normalized spacial score (nSPS) is 10.7. The van der Waals surface area contributed by atoms with Crippen LogP contribution in [0.3, 0.4) is 0 Å². The van der Waals surface area contributed by atoms with Gasteiger partial charge in [-0.3, -0.25) is 0 Å². The van der Waals surface area contributed by atoms with Crippen LogP contribution < -0.4 is 19.7 Å². The van der Waals surface area contributed by atoms with E-state index in [0.717, 1.165) is 9.91 Å². The van der Waals surface area contributed by atoms with Crippen molar-refractivity contribution in [2.24, 2.45) is 0 Å². The van der Waals surface area contributed by atoms with Gasteiger partial charge < -0.3 is 0 Å². The fourth-order valence-corrected chi connectivity index (χ4v) is 4.33. The predicted molar refractivity (Wildman–Crippen MR) is 120 cm³/mol. The van der Waals surface area contributed by atoms with Gasteiger partial charge in [0.1, 0.15) is 0 Å². The zero-order valence-corrected chi connectivity index (χ0v) is 19.2. The van der Waals surface area contributed by atoms with Crippen molar-refractivity contribution in [3.05, 3.63) is 77.9 Å². The van der Waals surface area contributed by atoms with E-state index < -0.39 is 16.1 Å². The molecule has 152 valence electrons. The Hall–Kier alpha value is -3.27. The summed E-state index contributed by atoms with van der Waals surface area (Å²) >= 11 is 1.45. The zero-order valence-electron chi connectivity index (χ0n) is 16.0. The average Bonchev–Trinajstić information content (AvgIpc) is 2.73. The van der Waals surface area contributed by atoms with E-state index in [1.165, 1.54) is 47.2 Å². The zero-order chi connectivity index (χ0) is 21.7. The molecule has 0 spiro atoms. The van der Waals surface area contributed by atoms with Crippen molar-refractivity contribution in [3.63, 3.8) is 0 Å². The number of nitrogens with one attached hydrogen (secondary N) is 3. The van der Waals surface area contributed by atoms with Gasteiger partial charge in [0.2, 0.25) is 0 Å². The van der Waals surface area contributed by atoms with Crippen LogP contribution in [0.5, 0.6) is 0 Å². The Kier molecular flexibility index (Phi) is 6.46. The Morgan fingerprint density at radius 3 is 2.33 bits per heavy atom. The van der Waals surface area contributed by atoms with Crippen LogP contribution in [-0.2, 0) is 10.0 Å². The molecule has 0 aromatic heterocycles. The van der Waals surface area contributed by atoms with Crippen LogP contribution in [0.1, 0.15) is 11.1 Å². The third-order valence-electron chi connectivity index (χ3n) is 4.32. The first kappa shape index (κ1) is 21.4. The van der Waals surface area contributed by atoms with Gasteiger partial charge in [-0.15, -0.1) is 0 Å². The second kappa shape index (κ2) is 9.04. The number of benzene rings is 3. The minimum absolute atomic E-state index is 0.0695. The Morgan fingerprint density at radius 1 is 0.933 bits per heavy atom. The van der Waals surface area contributed by atoms with Crippen molar-refractivity contribution in [2.75, 3.05) is 15.4 Å². The molecule has 0 saturated carbocycles. The quantitative estimate of drug-likeness (QED) is 0.486. The maximum atomic E-state index is 12.7. The molecule has 7 nitrogen and oxygen atoms in total. The molecular formula is C21H19AsN4O3S. The van der Waals surface area contributed by atoms with Gasteiger partial charge >= 0.3 is 166 Å². The minimum Gasteiger partial charge on any atom is -0.0622 e. The molecule has 3 rings (SSSR count). The molecule has 3 aromatic rings. The third-order valence-corrected chi connectivity index (χ3v) is 7.01. The number of amides is 2. The number of rotatable bonds is 5. The molecule has 0 radical (unpaired) electrons. The van der Waals surface area contributed by atoms with Crippen LogP contribution in [-0.4, -0.2) is 31.3 Å². The first-order chi connectivity index (χ1) is 14.3. The van der Waals surface area contributed by atoms with Gasteiger partial charge in [-0.2, -0.15) is 0 Å². The molecule has 2 amide bonds. The van der Waals surface area contributed by atoms with Crippen molar-refractivity contribution < 1.29 is 13.2 Å². The molecule has 30 heavy (non-hydrogen) atoms. The number of hydrogen-bond donors (Lipinski definition) is 3. The summed E-state index contributed by atoms with van der Waals surface area (Å²) in [5.74, 6) is 0. The number of anilines is 3. The summed E-state index contributed by atoms with van der Waals surface area (Å²) in [4.78, 5) is 12.6. The molecule has 0 bridgehead atoms. The van der Waals surface area contributed by atoms with Crippen LogP contribution in [0.2, 0.25) is 0 Å². The molecular weight excluding hydrogens is 463 g/mol. The number of nitrogens with zero attached hydrogens (tertiary/aromatic N) is 1. The summed E-state index contributed by atoms with van der Waals surface area (Å²) in [5.41, 5.74) is 2.19. The minimum atomic E-state index is -3.90. The second-order valence-corrected chi connectivity index (χ2v) is 9.38. The van der Waals surface area contributed by atoms with E-state index >= 15 is 0 Å². The SMILES string of the molecule is Cc1c([AsH2])cccc1NC(=O)Nc1ccc(C#N)cc1NS(=O)(=O)c1ccccc1. The van der Waals surface area contributed by atoms with Gasteiger partial charge in [0.25, 0.3) is 0 Å². The molecule has 0 aliphatic rings. The first-order valence-electron chi connectivity index (χ1n) is 8.85. The molecule has 1 atom stereocenters. The molecule has 0 aliphatic heterocycles. The fourth-order valence-electron chi connectivity index (χ4n) is 2.68. The van der Waals surface area contributed by atoms with Gasteiger partial charge in [0.05, 0.1) is 0 Å². The average molecular weight is 482 g/mol. The molecule has 0 heterocycles. The second-order valence-electron chi connectivity index (χ2n) is 6.39. The maximum absolute atomic E-state index is 12.7. The van der Waals surface area contributed by atoms with Crippen molar-refractivity contribution >= 4 is 54.3 Å². The van der Waals surface area contributed by atoms with E-state index in [0.29, 0.717) is 5.69 Å². The fraction of sp³-hybridized carbons (Fsp3) is 0.0476. The number of hydrogen-bond acceptors (Lipinski definition) is 4. The first-order valence-corrected chi connectivity index (χ1v) is 11.5. The van der Waals surface area contributed by atoms with Crippen molar-refractivity contribution in [2.45, 2.75) is 11.8 Å². The van der Waals surface area contributed by atoms with Crippen LogP contribution >= 0.6 is 0 Å². The Morgan fingerprint density at radius 2 is 1.63 bits per heavy atom.